The first-order valence-electron chi connectivity index (χ1n) is 11.1. The number of hydrogen-bond donors (Lipinski definition) is 0. The summed E-state index contributed by atoms with van der Waals surface area (Å²) in [4.78, 5) is 29.6. The molecule has 1 amide bonds. The van der Waals surface area contributed by atoms with Crippen LogP contribution in [-0.4, -0.2) is 47.0 Å². The van der Waals surface area contributed by atoms with Gasteiger partial charge >= 0.3 is 0 Å². The summed E-state index contributed by atoms with van der Waals surface area (Å²) in [7, 11) is 0. The molecule has 0 bridgehead atoms. The van der Waals surface area contributed by atoms with Crippen molar-refractivity contribution in [2.75, 3.05) is 31.1 Å². The van der Waals surface area contributed by atoms with E-state index >= 15 is 0 Å². The van der Waals surface area contributed by atoms with Gasteiger partial charge in [0.05, 0.1) is 11.6 Å². The van der Waals surface area contributed by atoms with Gasteiger partial charge in [0.2, 0.25) is 0 Å². The van der Waals surface area contributed by atoms with Gasteiger partial charge in [-0.25, -0.2) is 9.97 Å². The van der Waals surface area contributed by atoms with E-state index in [2.05, 4.69) is 18.7 Å². The normalized spacial score (nSPS) is 17.9. The van der Waals surface area contributed by atoms with Crippen LogP contribution in [-0.2, 0) is 12.8 Å². The number of carbonyl (C=O) groups is 1. The number of fused-ring (bicyclic) bond motifs is 3. The second kappa shape index (κ2) is 8.02. The Kier molecular flexibility index (Phi) is 5.23. The molecule has 0 radical (unpaired) electrons. The van der Waals surface area contributed by atoms with Gasteiger partial charge in [-0.15, -0.1) is 11.3 Å². The number of aryl methyl sites for hydroxylation is 2. The summed E-state index contributed by atoms with van der Waals surface area (Å²) >= 11 is 1.87. The van der Waals surface area contributed by atoms with Crippen LogP contribution in [0.4, 0.5) is 5.82 Å². The largest absolute Gasteiger partial charge is 0.459 e. The Balaban J connectivity index is 1.47. The maximum atomic E-state index is 12.6. The minimum absolute atomic E-state index is 0.0271. The van der Waals surface area contributed by atoms with Crippen molar-refractivity contribution in [3.05, 3.63) is 40.4 Å². The van der Waals surface area contributed by atoms with Crippen molar-refractivity contribution >= 4 is 33.3 Å². The monoisotopic (exact) mass is 424 g/mol. The number of nitrogens with zero attached hydrogens (tertiary/aromatic N) is 4. The molecule has 0 saturated carbocycles. The van der Waals surface area contributed by atoms with Gasteiger partial charge in [0.15, 0.2) is 5.76 Å². The molecule has 0 N–H and O–H groups in total. The lowest BCUT2D eigenvalue weighted by Crippen LogP contribution is -2.49. The first kappa shape index (κ1) is 19.5. The number of thiophene rings is 1. The molecule has 1 unspecified atom stereocenters. The number of anilines is 1. The van der Waals surface area contributed by atoms with Crippen LogP contribution in [0.3, 0.4) is 0 Å². The van der Waals surface area contributed by atoms with Crippen molar-refractivity contribution in [1.82, 2.24) is 14.9 Å². The molecule has 3 aromatic heterocycles. The first-order chi connectivity index (χ1) is 14.7. The highest BCUT2D eigenvalue weighted by Gasteiger charge is 2.29. The third kappa shape index (κ3) is 3.39. The van der Waals surface area contributed by atoms with Crippen LogP contribution in [0.5, 0.6) is 0 Å². The Hall–Kier alpha value is -2.41. The van der Waals surface area contributed by atoms with Crippen LogP contribution in [0.1, 0.15) is 65.8 Å². The van der Waals surface area contributed by atoms with Crippen LogP contribution in [0, 0.1) is 0 Å². The van der Waals surface area contributed by atoms with Crippen molar-refractivity contribution in [2.24, 2.45) is 0 Å². The molecule has 7 heteroatoms. The van der Waals surface area contributed by atoms with Crippen molar-refractivity contribution in [1.29, 1.82) is 0 Å². The molecule has 5 rings (SSSR count). The van der Waals surface area contributed by atoms with Gasteiger partial charge < -0.3 is 14.2 Å². The summed E-state index contributed by atoms with van der Waals surface area (Å²) in [5.41, 5.74) is 1.47. The average Bonchev–Trinajstić information content (AvgIpc) is 3.45. The molecule has 1 saturated heterocycles. The minimum atomic E-state index is -0.0271. The molecule has 158 valence electrons. The number of piperazine rings is 1. The maximum absolute atomic E-state index is 12.6. The highest BCUT2D eigenvalue weighted by atomic mass is 32.1. The molecule has 0 aromatic carbocycles. The predicted molar refractivity (Wildman–Crippen MR) is 120 cm³/mol. The molecule has 0 spiro atoms. The lowest BCUT2D eigenvalue weighted by atomic mass is 9.96. The lowest BCUT2D eigenvalue weighted by molar-refractivity contribution is 0.0714. The second-order valence-electron chi connectivity index (χ2n) is 8.36. The summed E-state index contributed by atoms with van der Waals surface area (Å²) in [5.74, 6) is 2.76. The van der Waals surface area contributed by atoms with Gasteiger partial charge in [0, 0.05) is 37.0 Å². The molecule has 1 aliphatic carbocycles. The smallest absolute Gasteiger partial charge is 0.289 e. The Morgan fingerprint density at radius 1 is 1.20 bits per heavy atom. The van der Waals surface area contributed by atoms with Crippen molar-refractivity contribution in [2.45, 2.75) is 51.9 Å². The molecule has 6 nitrogen and oxygen atoms in total. The number of aromatic nitrogens is 2. The predicted octanol–water partition coefficient (Wildman–Crippen LogP) is 4.64. The van der Waals surface area contributed by atoms with E-state index in [4.69, 9.17) is 14.4 Å². The Labute approximate surface area is 180 Å². The van der Waals surface area contributed by atoms with Crippen LogP contribution in [0.2, 0.25) is 0 Å². The van der Waals surface area contributed by atoms with E-state index in [-0.39, 0.29) is 5.91 Å². The molecule has 2 aliphatic rings. The van der Waals surface area contributed by atoms with Crippen molar-refractivity contribution in [3.8, 4) is 0 Å². The molecule has 3 aromatic rings. The van der Waals surface area contributed by atoms with E-state index < -0.39 is 0 Å². The maximum Gasteiger partial charge on any atom is 0.289 e. The molecular weight excluding hydrogens is 396 g/mol. The zero-order valence-electron chi connectivity index (χ0n) is 17.7. The van der Waals surface area contributed by atoms with E-state index in [0.717, 1.165) is 42.4 Å². The molecular formula is C23H28N4O2S. The highest BCUT2D eigenvalue weighted by molar-refractivity contribution is 7.19. The number of hydrogen-bond acceptors (Lipinski definition) is 6. The third-order valence-electron chi connectivity index (χ3n) is 6.46. The van der Waals surface area contributed by atoms with E-state index in [0.29, 0.717) is 24.8 Å². The van der Waals surface area contributed by atoms with Gasteiger partial charge in [0.25, 0.3) is 5.91 Å². The topological polar surface area (TPSA) is 62.5 Å². The van der Waals surface area contributed by atoms with Gasteiger partial charge in [-0.1, -0.05) is 13.8 Å². The van der Waals surface area contributed by atoms with Gasteiger partial charge in [-0.05, 0) is 49.8 Å². The summed E-state index contributed by atoms with van der Waals surface area (Å²) in [6.07, 6.45) is 7.40. The molecule has 4 heterocycles. The number of carbonyl (C=O) groups excluding carboxylic acids is 1. The Morgan fingerprint density at radius 2 is 2.00 bits per heavy atom. The SMILES string of the molecule is CCC(C)c1nc(N2CCN(C(=O)c3ccco3)CC2)c2c3c(sc2n1)CCCC3. The molecule has 1 aliphatic heterocycles. The third-order valence-corrected chi connectivity index (χ3v) is 7.65. The summed E-state index contributed by atoms with van der Waals surface area (Å²) < 4.78 is 5.30. The van der Waals surface area contributed by atoms with E-state index in [9.17, 15) is 4.79 Å². The van der Waals surface area contributed by atoms with Crippen LogP contribution in [0.15, 0.2) is 22.8 Å². The summed E-state index contributed by atoms with van der Waals surface area (Å²) in [6, 6.07) is 3.50. The lowest BCUT2D eigenvalue weighted by Gasteiger charge is -2.35. The second-order valence-corrected chi connectivity index (χ2v) is 9.45. The van der Waals surface area contributed by atoms with Gasteiger partial charge in [-0.2, -0.15) is 0 Å². The quantitative estimate of drug-likeness (QED) is 0.611. The van der Waals surface area contributed by atoms with E-state index in [1.807, 2.05) is 16.2 Å². The van der Waals surface area contributed by atoms with Gasteiger partial charge in [-0.3, -0.25) is 4.79 Å². The summed E-state index contributed by atoms with van der Waals surface area (Å²) in [6.45, 7) is 7.31. The molecule has 1 fully saturated rings. The number of amides is 1. The fraction of sp³-hybridized carbons (Fsp3) is 0.522. The summed E-state index contributed by atoms with van der Waals surface area (Å²) in [5, 5.41) is 1.27. The van der Waals surface area contributed by atoms with Gasteiger partial charge in [0.1, 0.15) is 16.5 Å². The van der Waals surface area contributed by atoms with Crippen molar-refractivity contribution in [3.63, 3.8) is 0 Å². The molecule has 30 heavy (non-hydrogen) atoms. The van der Waals surface area contributed by atoms with E-state index in [1.54, 1.807) is 18.4 Å². The average molecular weight is 425 g/mol. The van der Waals surface area contributed by atoms with E-state index in [1.165, 1.54) is 35.1 Å². The standard InChI is InChI=1S/C23H28N4O2S/c1-3-15(2)20-24-21(19-16-7-4-5-9-18(16)30-22(19)25-20)26-10-12-27(13-11-26)23(28)17-8-6-14-29-17/h6,8,14-15H,3-5,7,9-13H2,1-2H3. The zero-order valence-corrected chi connectivity index (χ0v) is 18.5. The molecule has 1 atom stereocenters. The Morgan fingerprint density at radius 3 is 2.73 bits per heavy atom. The van der Waals surface area contributed by atoms with Crippen LogP contribution in [0.25, 0.3) is 10.2 Å². The zero-order chi connectivity index (χ0) is 20.7. The fourth-order valence-corrected chi connectivity index (χ4v) is 5.73. The minimum Gasteiger partial charge on any atom is -0.459 e. The first-order valence-corrected chi connectivity index (χ1v) is 11.9. The number of furan rings is 1. The van der Waals surface area contributed by atoms with Crippen LogP contribution >= 0.6 is 11.3 Å². The van der Waals surface area contributed by atoms with Crippen LogP contribution < -0.4 is 4.90 Å². The fourth-order valence-electron chi connectivity index (χ4n) is 4.46. The Bertz CT molecular complexity index is 1050. The van der Waals surface area contributed by atoms with Crippen molar-refractivity contribution < 1.29 is 9.21 Å². The number of rotatable bonds is 4. The highest BCUT2D eigenvalue weighted by Crippen LogP contribution is 2.40.